The molecule has 1 aliphatic rings. The van der Waals surface area contributed by atoms with E-state index in [1.807, 2.05) is 6.92 Å². The minimum Gasteiger partial charge on any atom is -0.478 e. The van der Waals surface area contributed by atoms with Gasteiger partial charge in [-0.2, -0.15) is 0 Å². The summed E-state index contributed by atoms with van der Waals surface area (Å²) in [7, 11) is 0. The molecule has 0 aliphatic carbocycles. The Morgan fingerprint density at radius 3 is 2.61 bits per heavy atom. The fourth-order valence-corrected chi connectivity index (χ4v) is 2.23. The SMILES string of the molecule is CC(C)[C@@H](OC1CCCCO1)[C@H](C)/C=C/C(=O)O. The van der Waals surface area contributed by atoms with Gasteiger partial charge in [-0.1, -0.05) is 26.8 Å². The Bertz CT molecular complexity index is 280. The van der Waals surface area contributed by atoms with Gasteiger partial charge in [0.2, 0.25) is 0 Å². The van der Waals surface area contributed by atoms with E-state index in [0.29, 0.717) is 5.92 Å². The molecule has 0 aromatic heterocycles. The van der Waals surface area contributed by atoms with Gasteiger partial charge in [0.05, 0.1) is 6.10 Å². The number of aliphatic carboxylic acids is 1. The standard InChI is InChI=1S/C14H24O4/c1-10(2)14(11(3)7-8-12(15)16)18-13-6-4-5-9-17-13/h7-8,10-11,13-14H,4-6,9H2,1-3H3,(H,15,16)/b8-7+/t11-,13?,14-/m1/s1. The molecule has 0 bridgehead atoms. The lowest BCUT2D eigenvalue weighted by molar-refractivity contribution is -0.203. The summed E-state index contributed by atoms with van der Waals surface area (Å²) in [6.45, 7) is 6.90. The van der Waals surface area contributed by atoms with Crippen LogP contribution in [0.25, 0.3) is 0 Å². The summed E-state index contributed by atoms with van der Waals surface area (Å²) in [5.41, 5.74) is 0. The third-order valence-electron chi connectivity index (χ3n) is 3.16. The molecule has 0 saturated carbocycles. The van der Waals surface area contributed by atoms with Gasteiger partial charge in [-0.3, -0.25) is 0 Å². The van der Waals surface area contributed by atoms with Crippen molar-refractivity contribution in [2.75, 3.05) is 6.61 Å². The second kappa shape index (κ2) is 7.54. The first-order valence-electron chi connectivity index (χ1n) is 6.69. The van der Waals surface area contributed by atoms with Gasteiger partial charge in [0.25, 0.3) is 0 Å². The van der Waals surface area contributed by atoms with Gasteiger partial charge in [0, 0.05) is 18.6 Å². The van der Waals surface area contributed by atoms with Gasteiger partial charge >= 0.3 is 5.97 Å². The Hall–Kier alpha value is -0.870. The molecule has 0 spiro atoms. The summed E-state index contributed by atoms with van der Waals surface area (Å²) >= 11 is 0. The van der Waals surface area contributed by atoms with E-state index >= 15 is 0 Å². The predicted molar refractivity (Wildman–Crippen MR) is 69.2 cm³/mol. The zero-order valence-electron chi connectivity index (χ0n) is 11.5. The molecule has 0 radical (unpaired) electrons. The molecule has 1 aliphatic heterocycles. The number of carbonyl (C=O) groups is 1. The molecular formula is C14H24O4. The monoisotopic (exact) mass is 256 g/mol. The van der Waals surface area contributed by atoms with Crippen molar-refractivity contribution in [3.05, 3.63) is 12.2 Å². The first-order valence-corrected chi connectivity index (χ1v) is 6.69. The van der Waals surface area contributed by atoms with Crippen LogP contribution in [0.5, 0.6) is 0 Å². The fraction of sp³-hybridized carbons (Fsp3) is 0.786. The van der Waals surface area contributed by atoms with Crippen molar-refractivity contribution in [3.8, 4) is 0 Å². The van der Waals surface area contributed by atoms with Gasteiger partial charge in [-0.05, 0) is 25.2 Å². The molecule has 1 saturated heterocycles. The van der Waals surface area contributed by atoms with Crippen LogP contribution in [0.2, 0.25) is 0 Å². The molecule has 1 unspecified atom stereocenters. The van der Waals surface area contributed by atoms with Crippen molar-refractivity contribution >= 4 is 5.97 Å². The minimum absolute atomic E-state index is 0.0105. The Kier molecular flexibility index (Phi) is 6.36. The highest BCUT2D eigenvalue weighted by Crippen LogP contribution is 2.23. The Morgan fingerprint density at radius 1 is 1.39 bits per heavy atom. The first kappa shape index (κ1) is 15.2. The molecule has 1 N–H and O–H groups in total. The van der Waals surface area contributed by atoms with Crippen LogP contribution in [0.1, 0.15) is 40.0 Å². The maximum Gasteiger partial charge on any atom is 0.327 e. The Morgan fingerprint density at radius 2 is 2.11 bits per heavy atom. The molecule has 1 heterocycles. The van der Waals surface area contributed by atoms with Crippen molar-refractivity contribution in [1.82, 2.24) is 0 Å². The molecule has 18 heavy (non-hydrogen) atoms. The summed E-state index contributed by atoms with van der Waals surface area (Å²) in [6.07, 6.45) is 5.89. The maximum absolute atomic E-state index is 10.5. The number of hydrogen-bond acceptors (Lipinski definition) is 3. The van der Waals surface area contributed by atoms with Crippen molar-refractivity contribution < 1.29 is 19.4 Å². The summed E-state index contributed by atoms with van der Waals surface area (Å²) in [5, 5.41) is 8.65. The zero-order chi connectivity index (χ0) is 13.5. The van der Waals surface area contributed by atoms with Crippen molar-refractivity contribution in [3.63, 3.8) is 0 Å². The highest BCUT2D eigenvalue weighted by atomic mass is 16.7. The van der Waals surface area contributed by atoms with E-state index in [1.54, 1.807) is 6.08 Å². The summed E-state index contributed by atoms with van der Waals surface area (Å²) in [6, 6.07) is 0. The first-order chi connectivity index (χ1) is 8.50. The lowest BCUT2D eigenvalue weighted by atomic mass is 9.94. The van der Waals surface area contributed by atoms with Crippen LogP contribution in [0.4, 0.5) is 0 Å². The van der Waals surface area contributed by atoms with Crippen LogP contribution in [-0.4, -0.2) is 30.1 Å². The number of carboxylic acids is 1. The van der Waals surface area contributed by atoms with Crippen LogP contribution < -0.4 is 0 Å². The number of ether oxygens (including phenoxy) is 2. The average Bonchev–Trinajstić information content (AvgIpc) is 2.34. The largest absolute Gasteiger partial charge is 0.478 e. The van der Waals surface area contributed by atoms with Crippen LogP contribution >= 0.6 is 0 Å². The van der Waals surface area contributed by atoms with Gasteiger partial charge in [-0.15, -0.1) is 0 Å². The Labute approximate surface area is 109 Å². The maximum atomic E-state index is 10.5. The molecule has 3 atom stereocenters. The highest BCUT2D eigenvalue weighted by Gasteiger charge is 2.25. The number of hydrogen-bond donors (Lipinski definition) is 1. The van der Waals surface area contributed by atoms with E-state index in [4.69, 9.17) is 14.6 Å². The summed E-state index contributed by atoms with van der Waals surface area (Å²) in [5.74, 6) is -0.533. The lowest BCUT2D eigenvalue weighted by Gasteiger charge is -2.32. The quantitative estimate of drug-likeness (QED) is 0.742. The van der Waals surface area contributed by atoms with Crippen LogP contribution in [0.15, 0.2) is 12.2 Å². The molecule has 0 aromatic rings. The smallest absolute Gasteiger partial charge is 0.327 e. The summed E-state index contributed by atoms with van der Waals surface area (Å²) < 4.78 is 11.6. The van der Waals surface area contributed by atoms with Crippen LogP contribution in [0.3, 0.4) is 0 Å². The van der Waals surface area contributed by atoms with E-state index in [0.717, 1.165) is 25.9 Å². The van der Waals surface area contributed by atoms with Crippen molar-refractivity contribution in [1.29, 1.82) is 0 Å². The highest BCUT2D eigenvalue weighted by molar-refractivity contribution is 5.79. The van der Waals surface area contributed by atoms with E-state index in [1.165, 1.54) is 6.08 Å². The van der Waals surface area contributed by atoms with Gasteiger partial charge in [0.1, 0.15) is 0 Å². The number of rotatable bonds is 6. The minimum atomic E-state index is -0.918. The molecule has 4 heteroatoms. The molecule has 1 rings (SSSR count). The van der Waals surface area contributed by atoms with Gasteiger partial charge in [0.15, 0.2) is 6.29 Å². The predicted octanol–water partition coefficient (Wildman–Crippen LogP) is 2.83. The second-order valence-electron chi connectivity index (χ2n) is 5.20. The number of carboxylic acid groups (broad SMARTS) is 1. The van der Waals surface area contributed by atoms with Crippen molar-refractivity contribution in [2.45, 2.75) is 52.4 Å². The normalized spacial score (nSPS) is 24.3. The Balaban J connectivity index is 2.55. The van der Waals surface area contributed by atoms with Crippen LogP contribution in [-0.2, 0) is 14.3 Å². The molecule has 1 fully saturated rings. The average molecular weight is 256 g/mol. The fourth-order valence-electron chi connectivity index (χ4n) is 2.23. The lowest BCUT2D eigenvalue weighted by Crippen LogP contribution is -2.34. The summed E-state index contributed by atoms with van der Waals surface area (Å²) in [4.78, 5) is 10.5. The third kappa shape index (κ3) is 5.19. The van der Waals surface area contributed by atoms with E-state index in [2.05, 4.69) is 13.8 Å². The zero-order valence-corrected chi connectivity index (χ0v) is 11.5. The van der Waals surface area contributed by atoms with Gasteiger partial charge in [-0.25, -0.2) is 4.79 Å². The molecule has 0 amide bonds. The third-order valence-corrected chi connectivity index (χ3v) is 3.16. The second-order valence-corrected chi connectivity index (χ2v) is 5.20. The molecule has 4 nitrogen and oxygen atoms in total. The topological polar surface area (TPSA) is 55.8 Å². The molecule has 104 valence electrons. The van der Waals surface area contributed by atoms with Gasteiger partial charge < -0.3 is 14.6 Å². The molecular weight excluding hydrogens is 232 g/mol. The van der Waals surface area contributed by atoms with Crippen LogP contribution in [0, 0.1) is 11.8 Å². The van der Waals surface area contributed by atoms with E-state index in [9.17, 15) is 4.79 Å². The van der Waals surface area contributed by atoms with E-state index in [-0.39, 0.29) is 18.3 Å². The van der Waals surface area contributed by atoms with Crippen molar-refractivity contribution in [2.24, 2.45) is 11.8 Å². The van der Waals surface area contributed by atoms with E-state index < -0.39 is 5.97 Å². The molecule has 0 aromatic carbocycles.